The largest absolute Gasteiger partial charge is 0.496 e. The van der Waals surface area contributed by atoms with Crippen LogP contribution in [0.1, 0.15) is 39.9 Å². The standard InChI is InChI=1S/C17H22N2O2/c1-10-9-18-15(13(4)17(10)21-5)8-16(20)14-6-11(2)19-12(3)7-14/h6-7,9,16,20H,8H2,1-5H3. The average Bonchev–Trinajstić information content (AvgIpc) is 2.41. The maximum Gasteiger partial charge on any atom is 0.128 e. The first-order valence-electron chi connectivity index (χ1n) is 7.04. The number of aromatic nitrogens is 2. The topological polar surface area (TPSA) is 55.2 Å². The highest BCUT2D eigenvalue weighted by Crippen LogP contribution is 2.27. The number of rotatable bonds is 4. The maximum atomic E-state index is 10.5. The third-order valence-electron chi connectivity index (χ3n) is 3.63. The smallest absolute Gasteiger partial charge is 0.128 e. The van der Waals surface area contributed by atoms with Crippen LogP contribution in [-0.2, 0) is 6.42 Å². The number of pyridine rings is 2. The Kier molecular flexibility index (Phi) is 4.58. The van der Waals surface area contributed by atoms with Gasteiger partial charge in [0.15, 0.2) is 0 Å². The zero-order valence-corrected chi connectivity index (χ0v) is 13.3. The Morgan fingerprint density at radius 3 is 2.33 bits per heavy atom. The van der Waals surface area contributed by atoms with Crippen LogP contribution >= 0.6 is 0 Å². The fourth-order valence-corrected chi connectivity index (χ4v) is 2.64. The van der Waals surface area contributed by atoms with E-state index in [1.807, 2.05) is 39.8 Å². The summed E-state index contributed by atoms with van der Waals surface area (Å²) in [6, 6.07) is 3.83. The minimum Gasteiger partial charge on any atom is -0.496 e. The second-order valence-electron chi connectivity index (χ2n) is 5.45. The minimum atomic E-state index is -0.594. The first-order chi connectivity index (χ1) is 9.92. The van der Waals surface area contributed by atoms with E-state index in [1.165, 1.54) is 0 Å². The lowest BCUT2D eigenvalue weighted by molar-refractivity contribution is 0.176. The van der Waals surface area contributed by atoms with E-state index < -0.39 is 6.10 Å². The van der Waals surface area contributed by atoms with Gasteiger partial charge in [-0.2, -0.15) is 0 Å². The molecule has 0 aliphatic rings. The van der Waals surface area contributed by atoms with Crippen LogP contribution in [0.4, 0.5) is 0 Å². The van der Waals surface area contributed by atoms with Gasteiger partial charge in [0.1, 0.15) is 5.75 Å². The van der Waals surface area contributed by atoms with Crippen molar-refractivity contribution >= 4 is 0 Å². The molecule has 4 nitrogen and oxygen atoms in total. The molecule has 1 atom stereocenters. The van der Waals surface area contributed by atoms with E-state index >= 15 is 0 Å². The van der Waals surface area contributed by atoms with Crippen molar-refractivity contribution < 1.29 is 9.84 Å². The van der Waals surface area contributed by atoms with Gasteiger partial charge in [0.05, 0.1) is 13.2 Å². The number of hydrogen-bond donors (Lipinski definition) is 1. The van der Waals surface area contributed by atoms with E-state index in [2.05, 4.69) is 9.97 Å². The van der Waals surface area contributed by atoms with Gasteiger partial charge in [0, 0.05) is 40.8 Å². The molecule has 0 radical (unpaired) electrons. The van der Waals surface area contributed by atoms with Gasteiger partial charge in [0.2, 0.25) is 0 Å². The Morgan fingerprint density at radius 2 is 1.76 bits per heavy atom. The van der Waals surface area contributed by atoms with E-state index in [0.717, 1.165) is 39.5 Å². The molecule has 1 unspecified atom stereocenters. The van der Waals surface area contributed by atoms with Crippen LogP contribution in [0.2, 0.25) is 0 Å². The molecule has 112 valence electrons. The molecule has 2 aromatic heterocycles. The molecule has 0 saturated carbocycles. The first kappa shape index (κ1) is 15.4. The molecule has 2 rings (SSSR count). The van der Waals surface area contributed by atoms with E-state index in [4.69, 9.17) is 4.74 Å². The molecule has 4 heteroatoms. The normalized spacial score (nSPS) is 12.3. The molecule has 21 heavy (non-hydrogen) atoms. The van der Waals surface area contributed by atoms with Crippen molar-refractivity contribution in [3.05, 3.63) is 52.1 Å². The van der Waals surface area contributed by atoms with Crippen molar-refractivity contribution in [3.8, 4) is 5.75 Å². The molecule has 2 heterocycles. The fourth-order valence-electron chi connectivity index (χ4n) is 2.64. The van der Waals surface area contributed by atoms with Crippen LogP contribution in [0.5, 0.6) is 5.75 Å². The molecule has 0 amide bonds. The summed E-state index contributed by atoms with van der Waals surface area (Å²) in [5.41, 5.74) is 5.55. The Balaban J connectivity index is 2.29. The van der Waals surface area contributed by atoms with Crippen molar-refractivity contribution in [2.75, 3.05) is 7.11 Å². The quantitative estimate of drug-likeness (QED) is 0.938. The molecule has 0 aliphatic carbocycles. The molecule has 0 saturated heterocycles. The van der Waals surface area contributed by atoms with Crippen LogP contribution in [0.25, 0.3) is 0 Å². The molecule has 1 N–H and O–H groups in total. The van der Waals surface area contributed by atoms with E-state index in [-0.39, 0.29) is 0 Å². The number of hydrogen-bond acceptors (Lipinski definition) is 4. The van der Waals surface area contributed by atoms with Crippen LogP contribution in [-0.4, -0.2) is 22.2 Å². The fraction of sp³-hybridized carbons (Fsp3) is 0.412. The monoisotopic (exact) mass is 286 g/mol. The van der Waals surface area contributed by atoms with Gasteiger partial charge in [-0.05, 0) is 45.4 Å². The number of methoxy groups -OCH3 is 1. The summed E-state index contributed by atoms with van der Waals surface area (Å²) in [6.45, 7) is 7.81. The number of aliphatic hydroxyl groups is 1. The van der Waals surface area contributed by atoms with Gasteiger partial charge in [-0.25, -0.2) is 0 Å². The minimum absolute atomic E-state index is 0.464. The molecule has 0 aliphatic heterocycles. The van der Waals surface area contributed by atoms with Crippen molar-refractivity contribution in [1.82, 2.24) is 9.97 Å². The van der Waals surface area contributed by atoms with E-state index in [9.17, 15) is 5.11 Å². The Hall–Kier alpha value is -1.94. The maximum absolute atomic E-state index is 10.5. The molecule has 0 aromatic carbocycles. The predicted octanol–water partition coefficient (Wildman–Crippen LogP) is 2.99. The summed E-state index contributed by atoms with van der Waals surface area (Å²) in [7, 11) is 1.66. The highest BCUT2D eigenvalue weighted by Gasteiger charge is 2.15. The second kappa shape index (κ2) is 6.22. The van der Waals surface area contributed by atoms with Crippen LogP contribution in [0.15, 0.2) is 18.3 Å². The van der Waals surface area contributed by atoms with E-state index in [0.29, 0.717) is 6.42 Å². The number of aryl methyl sites for hydroxylation is 3. The van der Waals surface area contributed by atoms with Gasteiger partial charge in [-0.3, -0.25) is 9.97 Å². The first-order valence-corrected chi connectivity index (χ1v) is 7.04. The SMILES string of the molecule is COc1c(C)cnc(CC(O)c2cc(C)nc(C)c2)c1C. The average molecular weight is 286 g/mol. The lowest BCUT2D eigenvalue weighted by Crippen LogP contribution is -2.08. The van der Waals surface area contributed by atoms with Crippen molar-refractivity contribution in [3.63, 3.8) is 0 Å². The van der Waals surface area contributed by atoms with Crippen LogP contribution in [0.3, 0.4) is 0 Å². The number of ether oxygens (including phenoxy) is 1. The highest BCUT2D eigenvalue weighted by atomic mass is 16.5. The molecular formula is C17H22N2O2. The summed E-state index contributed by atoms with van der Waals surface area (Å²) in [6.07, 6.45) is 1.66. The summed E-state index contributed by atoms with van der Waals surface area (Å²) in [5.74, 6) is 0.842. The molecular weight excluding hydrogens is 264 g/mol. The zero-order chi connectivity index (χ0) is 15.6. The van der Waals surface area contributed by atoms with Gasteiger partial charge in [-0.1, -0.05) is 0 Å². The van der Waals surface area contributed by atoms with E-state index in [1.54, 1.807) is 13.3 Å². The molecule has 2 aromatic rings. The number of aliphatic hydroxyl groups excluding tert-OH is 1. The Labute approximate surface area is 125 Å². The molecule has 0 spiro atoms. The van der Waals surface area contributed by atoms with Crippen molar-refractivity contribution in [2.24, 2.45) is 0 Å². The summed E-state index contributed by atoms with van der Waals surface area (Å²) < 4.78 is 5.41. The van der Waals surface area contributed by atoms with Crippen LogP contribution in [0, 0.1) is 27.7 Å². The zero-order valence-electron chi connectivity index (χ0n) is 13.3. The Morgan fingerprint density at radius 1 is 1.14 bits per heavy atom. The van der Waals surface area contributed by atoms with Gasteiger partial charge >= 0.3 is 0 Å². The summed E-state index contributed by atoms with van der Waals surface area (Å²) in [5, 5.41) is 10.5. The number of nitrogens with zero attached hydrogens (tertiary/aromatic N) is 2. The third kappa shape index (κ3) is 3.39. The second-order valence-corrected chi connectivity index (χ2v) is 5.45. The molecule has 0 fully saturated rings. The highest BCUT2D eigenvalue weighted by molar-refractivity contribution is 5.41. The summed E-state index contributed by atoms with van der Waals surface area (Å²) in [4.78, 5) is 8.77. The lowest BCUT2D eigenvalue weighted by Gasteiger charge is -2.16. The predicted molar refractivity (Wildman–Crippen MR) is 82.6 cm³/mol. The van der Waals surface area contributed by atoms with Gasteiger partial charge in [-0.15, -0.1) is 0 Å². The third-order valence-corrected chi connectivity index (χ3v) is 3.63. The summed E-state index contributed by atoms with van der Waals surface area (Å²) >= 11 is 0. The van der Waals surface area contributed by atoms with Crippen molar-refractivity contribution in [2.45, 2.75) is 40.2 Å². The van der Waals surface area contributed by atoms with Crippen LogP contribution < -0.4 is 4.74 Å². The van der Waals surface area contributed by atoms with Crippen molar-refractivity contribution in [1.29, 1.82) is 0 Å². The lowest BCUT2D eigenvalue weighted by atomic mass is 10.0. The van der Waals surface area contributed by atoms with Gasteiger partial charge < -0.3 is 9.84 Å². The van der Waals surface area contributed by atoms with Gasteiger partial charge in [0.25, 0.3) is 0 Å². The molecule has 0 bridgehead atoms. The Bertz CT molecular complexity index is 633.